The number of rotatable bonds is 3. The molecule has 0 saturated heterocycles. The van der Waals surface area contributed by atoms with E-state index in [2.05, 4.69) is 5.32 Å². The highest BCUT2D eigenvalue weighted by molar-refractivity contribution is 5.85. The first-order valence-corrected chi connectivity index (χ1v) is 7.25. The quantitative estimate of drug-likeness (QED) is 0.715. The molecule has 4 nitrogen and oxygen atoms in total. The van der Waals surface area contributed by atoms with Gasteiger partial charge in [-0.2, -0.15) is 13.2 Å². The first-order chi connectivity index (χ1) is 10.7. The maximum Gasteiger partial charge on any atom is 0.416 e. The van der Waals surface area contributed by atoms with Crippen molar-refractivity contribution in [2.45, 2.75) is 44.1 Å². The van der Waals surface area contributed by atoms with Crippen molar-refractivity contribution in [3.8, 4) is 0 Å². The predicted molar refractivity (Wildman–Crippen MR) is 81.8 cm³/mol. The molecule has 0 aromatic heterocycles. The van der Waals surface area contributed by atoms with Crippen molar-refractivity contribution in [3.63, 3.8) is 0 Å². The number of alkyl halides is 3. The van der Waals surface area contributed by atoms with E-state index < -0.39 is 29.6 Å². The van der Waals surface area contributed by atoms with Gasteiger partial charge in [-0.1, -0.05) is 0 Å². The lowest BCUT2D eigenvalue weighted by Gasteiger charge is -2.29. The molecule has 24 heavy (non-hydrogen) atoms. The molecule has 0 bridgehead atoms. The number of nitrogens with two attached hydrogens (primary N) is 1. The Morgan fingerprint density at radius 2 is 1.96 bits per heavy atom. The number of aliphatic hydroxyl groups excluding tert-OH is 1. The summed E-state index contributed by atoms with van der Waals surface area (Å²) >= 11 is 0. The number of benzene rings is 1. The van der Waals surface area contributed by atoms with Crippen LogP contribution in [0.5, 0.6) is 0 Å². The van der Waals surface area contributed by atoms with Crippen LogP contribution in [0.3, 0.4) is 0 Å². The largest absolute Gasteiger partial charge is 0.416 e. The van der Waals surface area contributed by atoms with Crippen LogP contribution in [0.15, 0.2) is 18.2 Å². The Bertz CT molecular complexity index is 583. The molecule has 9 heteroatoms. The number of halogens is 5. The second-order valence-electron chi connectivity index (χ2n) is 5.80. The molecule has 1 aliphatic rings. The molecule has 1 saturated carbocycles. The van der Waals surface area contributed by atoms with Gasteiger partial charge in [-0.05, 0) is 43.0 Å². The fourth-order valence-corrected chi connectivity index (χ4v) is 2.66. The van der Waals surface area contributed by atoms with Crippen LogP contribution in [0.1, 0.15) is 30.4 Å². The first kappa shape index (κ1) is 20.7. The van der Waals surface area contributed by atoms with Crippen molar-refractivity contribution in [2.75, 3.05) is 0 Å². The summed E-state index contributed by atoms with van der Waals surface area (Å²) in [5.41, 5.74) is 4.58. The molecule has 0 spiro atoms. The molecule has 3 atom stereocenters. The van der Waals surface area contributed by atoms with Gasteiger partial charge in [0.1, 0.15) is 5.82 Å². The number of aliphatic hydroxyl groups is 1. The van der Waals surface area contributed by atoms with Gasteiger partial charge < -0.3 is 16.2 Å². The number of carbonyl (C=O) groups excluding carboxylic acids is 1. The Morgan fingerprint density at radius 1 is 1.29 bits per heavy atom. The van der Waals surface area contributed by atoms with Crippen LogP contribution in [0.25, 0.3) is 0 Å². The fraction of sp³-hybridized carbons (Fsp3) is 0.533. The molecule has 0 unspecified atom stereocenters. The number of amides is 1. The van der Waals surface area contributed by atoms with Crippen molar-refractivity contribution >= 4 is 18.3 Å². The number of hydrogen-bond acceptors (Lipinski definition) is 3. The molecule has 1 amide bonds. The SMILES string of the molecule is Cl.N[C@@H]1CC[C@H](C(=O)NCc2cc(F)cc(C(F)(F)F)c2)C[C@H]1O. The summed E-state index contributed by atoms with van der Waals surface area (Å²) in [6, 6.07) is 1.79. The minimum atomic E-state index is -4.65. The van der Waals surface area contributed by atoms with Crippen LogP contribution in [0, 0.1) is 11.7 Å². The second-order valence-corrected chi connectivity index (χ2v) is 5.80. The summed E-state index contributed by atoms with van der Waals surface area (Å²) in [6.07, 6.45) is -4.21. The van der Waals surface area contributed by atoms with Crippen molar-refractivity contribution in [1.29, 1.82) is 0 Å². The van der Waals surface area contributed by atoms with Gasteiger partial charge in [0.05, 0.1) is 11.7 Å². The molecule has 1 aromatic rings. The number of hydrogen-bond donors (Lipinski definition) is 3. The van der Waals surface area contributed by atoms with Crippen LogP contribution >= 0.6 is 12.4 Å². The second kappa shape index (κ2) is 8.13. The van der Waals surface area contributed by atoms with Gasteiger partial charge in [0, 0.05) is 18.5 Å². The van der Waals surface area contributed by atoms with Crippen LogP contribution in [0.4, 0.5) is 17.6 Å². The van der Waals surface area contributed by atoms with Gasteiger partial charge in [-0.15, -0.1) is 12.4 Å². The van der Waals surface area contributed by atoms with E-state index >= 15 is 0 Å². The fourth-order valence-electron chi connectivity index (χ4n) is 2.66. The average molecular weight is 371 g/mol. The predicted octanol–water partition coefficient (Wildman–Crippen LogP) is 2.37. The maximum atomic E-state index is 13.3. The lowest BCUT2D eigenvalue weighted by atomic mass is 9.84. The van der Waals surface area contributed by atoms with E-state index in [1.807, 2.05) is 0 Å². The third-order valence-corrected chi connectivity index (χ3v) is 3.99. The molecular formula is C15H19ClF4N2O2. The van der Waals surface area contributed by atoms with Crippen LogP contribution in [-0.4, -0.2) is 23.2 Å². The first-order valence-electron chi connectivity index (χ1n) is 7.25. The van der Waals surface area contributed by atoms with E-state index in [-0.39, 0.29) is 42.9 Å². The number of nitrogens with one attached hydrogen (secondary N) is 1. The van der Waals surface area contributed by atoms with E-state index in [0.717, 1.165) is 12.1 Å². The van der Waals surface area contributed by atoms with E-state index in [9.17, 15) is 27.5 Å². The van der Waals surface area contributed by atoms with Gasteiger partial charge in [-0.25, -0.2) is 4.39 Å². The zero-order valence-corrected chi connectivity index (χ0v) is 13.5. The summed E-state index contributed by atoms with van der Waals surface area (Å²) in [4.78, 5) is 12.0. The van der Waals surface area contributed by atoms with E-state index in [1.165, 1.54) is 0 Å². The molecular weight excluding hydrogens is 352 g/mol. The molecule has 1 fully saturated rings. The Kier molecular flexibility index (Phi) is 7.00. The molecule has 2 rings (SSSR count). The minimum Gasteiger partial charge on any atom is -0.391 e. The monoisotopic (exact) mass is 370 g/mol. The van der Waals surface area contributed by atoms with E-state index in [4.69, 9.17) is 5.73 Å². The van der Waals surface area contributed by atoms with E-state index in [0.29, 0.717) is 18.9 Å². The van der Waals surface area contributed by atoms with Gasteiger partial charge in [0.25, 0.3) is 0 Å². The Morgan fingerprint density at radius 3 is 2.54 bits per heavy atom. The van der Waals surface area contributed by atoms with Crippen LogP contribution in [-0.2, 0) is 17.5 Å². The van der Waals surface area contributed by atoms with Crippen LogP contribution < -0.4 is 11.1 Å². The summed E-state index contributed by atoms with van der Waals surface area (Å²) in [5, 5.41) is 12.2. The standard InChI is InChI=1S/C15H18F4N2O2.ClH/c16-11-4-8(3-10(6-11)15(17,18)19)7-21-14(23)9-1-2-12(20)13(22)5-9;/h3-4,6,9,12-13,22H,1-2,5,7,20H2,(H,21,23);1H/t9-,12+,13+;/m0./s1. The van der Waals surface area contributed by atoms with Gasteiger partial charge in [0.15, 0.2) is 0 Å². The lowest BCUT2D eigenvalue weighted by Crippen LogP contribution is -2.44. The molecule has 0 heterocycles. The topological polar surface area (TPSA) is 75.4 Å². The normalized spacial score (nSPS) is 24.2. The summed E-state index contributed by atoms with van der Waals surface area (Å²) in [7, 11) is 0. The van der Waals surface area contributed by atoms with Crippen molar-refractivity contribution < 1.29 is 27.5 Å². The molecule has 4 N–H and O–H groups in total. The summed E-state index contributed by atoms with van der Waals surface area (Å²) in [6.45, 7) is -0.210. The third kappa shape index (κ3) is 5.32. The average Bonchev–Trinajstić information content (AvgIpc) is 2.46. The molecule has 0 radical (unpaired) electrons. The number of carbonyl (C=O) groups is 1. The zero-order valence-electron chi connectivity index (χ0n) is 12.6. The molecule has 136 valence electrons. The van der Waals surface area contributed by atoms with Crippen molar-refractivity contribution in [3.05, 3.63) is 35.1 Å². The Balaban J connectivity index is 0.00000288. The van der Waals surface area contributed by atoms with Gasteiger partial charge in [0.2, 0.25) is 5.91 Å². The van der Waals surface area contributed by atoms with Crippen molar-refractivity contribution in [2.24, 2.45) is 11.7 Å². The summed E-state index contributed by atoms with van der Waals surface area (Å²) < 4.78 is 51.1. The lowest BCUT2D eigenvalue weighted by molar-refractivity contribution is -0.137. The van der Waals surface area contributed by atoms with Gasteiger partial charge >= 0.3 is 6.18 Å². The molecule has 0 aliphatic heterocycles. The molecule has 1 aliphatic carbocycles. The molecule has 1 aromatic carbocycles. The van der Waals surface area contributed by atoms with E-state index in [1.54, 1.807) is 0 Å². The summed E-state index contributed by atoms with van der Waals surface area (Å²) in [5.74, 6) is -1.84. The smallest absolute Gasteiger partial charge is 0.391 e. The van der Waals surface area contributed by atoms with Crippen LogP contribution in [0.2, 0.25) is 0 Å². The Hall–Kier alpha value is -1.38. The highest BCUT2D eigenvalue weighted by atomic mass is 35.5. The highest BCUT2D eigenvalue weighted by Crippen LogP contribution is 2.30. The van der Waals surface area contributed by atoms with Gasteiger partial charge in [-0.3, -0.25) is 4.79 Å². The minimum absolute atomic E-state index is 0. The highest BCUT2D eigenvalue weighted by Gasteiger charge is 2.32. The third-order valence-electron chi connectivity index (χ3n) is 3.99. The zero-order chi connectivity index (χ0) is 17.2. The van der Waals surface area contributed by atoms with Crippen molar-refractivity contribution in [1.82, 2.24) is 5.32 Å². The maximum absolute atomic E-state index is 13.3. The Labute approximate surface area is 142 Å².